The first-order valence-electron chi connectivity index (χ1n) is 8.50. The molecule has 3 heterocycles. The van der Waals surface area contributed by atoms with Crippen molar-refractivity contribution in [2.75, 3.05) is 18.4 Å². The van der Waals surface area contributed by atoms with E-state index < -0.39 is 0 Å². The van der Waals surface area contributed by atoms with E-state index in [-0.39, 0.29) is 11.9 Å². The van der Waals surface area contributed by atoms with Crippen molar-refractivity contribution in [3.05, 3.63) is 53.5 Å². The van der Waals surface area contributed by atoms with Crippen LogP contribution in [0.3, 0.4) is 0 Å². The van der Waals surface area contributed by atoms with E-state index in [2.05, 4.69) is 15.3 Å². The zero-order chi connectivity index (χ0) is 16.9. The lowest BCUT2D eigenvalue weighted by molar-refractivity contribution is -0.131. The number of rotatable bonds is 5. The molecule has 1 amide bonds. The molecular formula is C19H24N4O. The first kappa shape index (κ1) is 16.4. The number of nitrogens with zero attached hydrogens (tertiary/aromatic N) is 3. The Bertz CT molecular complexity index is 699. The number of amides is 1. The number of aromatic nitrogens is 2. The number of likely N-dealkylation sites (tertiary alicyclic amines) is 1. The highest BCUT2D eigenvalue weighted by Crippen LogP contribution is 2.19. The molecule has 0 unspecified atom stereocenters. The topological polar surface area (TPSA) is 58.1 Å². The largest absolute Gasteiger partial charge is 0.368 e. The predicted molar refractivity (Wildman–Crippen MR) is 94.9 cm³/mol. The van der Waals surface area contributed by atoms with Crippen LogP contribution in [-0.2, 0) is 11.2 Å². The van der Waals surface area contributed by atoms with Gasteiger partial charge in [0.25, 0.3) is 0 Å². The number of aryl methyl sites for hydroxylation is 2. The third kappa shape index (κ3) is 4.10. The molecule has 0 spiro atoms. The number of anilines is 1. The molecule has 5 heteroatoms. The highest BCUT2D eigenvalue weighted by atomic mass is 16.2. The van der Waals surface area contributed by atoms with E-state index >= 15 is 0 Å². The molecule has 1 aliphatic heterocycles. The summed E-state index contributed by atoms with van der Waals surface area (Å²) in [7, 11) is 0. The molecule has 1 atom stereocenters. The fourth-order valence-electron chi connectivity index (χ4n) is 3.12. The van der Waals surface area contributed by atoms with Crippen molar-refractivity contribution in [2.45, 2.75) is 39.2 Å². The molecule has 0 bridgehead atoms. The van der Waals surface area contributed by atoms with Crippen molar-refractivity contribution in [1.82, 2.24) is 14.9 Å². The first-order chi connectivity index (χ1) is 11.6. The number of pyridine rings is 2. The third-order valence-electron chi connectivity index (χ3n) is 4.43. The highest BCUT2D eigenvalue weighted by Gasteiger charge is 2.28. The molecule has 5 nitrogen and oxygen atoms in total. The fraction of sp³-hybridized carbons (Fsp3) is 0.421. The van der Waals surface area contributed by atoms with E-state index in [1.165, 1.54) is 0 Å². The van der Waals surface area contributed by atoms with Gasteiger partial charge >= 0.3 is 0 Å². The zero-order valence-electron chi connectivity index (χ0n) is 14.3. The number of hydrogen-bond donors (Lipinski definition) is 1. The van der Waals surface area contributed by atoms with Crippen LogP contribution in [0.5, 0.6) is 0 Å². The Labute approximate surface area is 143 Å². The van der Waals surface area contributed by atoms with Gasteiger partial charge < -0.3 is 10.2 Å². The Hall–Kier alpha value is -2.43. The smallest absolute Gasteiger partial charge is 0.227 e. The summed E-state index contributed by atoms with van der Waals surface area (Å²) in [6, 6.07) is 10.1. The summed E-state index contributed by atoms with van der Waals surface area (Å²) in [5.74, 6) is 1.05. The summed E-state index contributed by atoms with van der Waals surface area (Å²) in [4.78, 5) is 23.4. The first-order valence-corrected chi connectivity index (χ1v) is 8.50. The van der Waals surface area contributed by atoms with Crippen LogP contribution >= 0.6 is 0 Å². The van der Waals surface area contributed by atoms with Crippen LogP contribution in [-0.4, -0.2) is 39.9 Å². The molecule has 1 N–H and O–H groups in total. The van der Waals surface area contributed by atoms with Crippen molar-refractivity contribution in [3.8, 4) is 0 Å². The molecule has 24 heavy (non-hydrogen) atoms. The van der Waals surface area contributed by atoms with Crippen LogP contribution in [0.25, 0.3) is 0 Å². The van der Waals surface area contributed by atoms with Crippen LogP contribution in [0.4, 0.5) is 5.82 Å². The fourth-order valence-corrected chi connectivity index (χ4v) is 3.12. The normalized spacial score (nSPS) is 17.1. The van der Waals surface area contributed by atoms with Gasteiger partial charge in [-0.1, -0.05) is 12.1 Å². The van der Waals surface area contributed by atoms with Gasteiger partial charge in [0, 0.05) is 36.7 Å². The molecule has 1 aliphatic rings. The van der Waals surface area contributed by atoms with Gasteiger partial charge in [-0.25, -0.2) is 4.98 Å². The molecule has 1 saturated heterocycles. The monoisotopic (exact) mass is 324 g/mol. The van der Waals surface area contributed by atoms with E-state index in [9.17, 15) is 4.79 Å². The Morgan fingerprint density at radius 3 is 2.88 bits per heavy atom. The van der Waals surface area contributed by atoms with Gasteiger partial charge in [0.15, 0.2) is 0 Å². The minimum Gasteiger partial charge on any atom is -0.368 e. The van der Waals surface area contributed by atoms with E-state index in [1.807, 2.05) is 49.1 Å². The predicted octanol–water partition coefficient (Wildman–Crippen LogP) is 2.74. The van der Waals surface area contributed by atoms with E-state index in [4.69, 9.17) is 0 Å². The maximum absolute atomic E-state index is 12.6. The molecule has 0 aliphatic carbocycles. The summed E-state index contributed by atoms with van der Waals surface area (Å²) in [5, 5.41) is 3.37. The Kier molecular flexibility index (Phi) is 5.08. The Balaban J connectivity index is 1.58. The Morgan fingerprint density at radius 2 is 2.12 bits per heavy atom. The summed E-state index contributed by atoms with van der Waals surface area (Å²) in [6.07, 6.45) is 4.32. The number of carbonyl (C=O) groups is 1. The van der Waals surface area contributed by atoms with Gasteiger partial charge in [-0.3, -0.25) is 9.78 Å². The lowest BCUT2D eigenvalue weighted by atomic mass is 10.1. The average molecular weight is 324 g/mol. The van der Waals surface area contributed by atoms with Crippen LogP contribution < -0.4 is 5.32 Å². The maximum atomic E-state index is 12.6. The second kappa shape index (κ2) is 7.43. The van der Waals surface area contributed by atoms with Crippen LogP contribution in [0.15, 0.2) is 36.5 Å². The van der Waals surface area contributed by atoms with Crippen molar-refractivity contribution in [3.63, 3.8) is 0 Å². The lowest BCUT2D eigenvalue weighted by Gasteiger charge is -2.25. The van der Waals surface area contributed by atoms with Crippen molar-refractivity contribution in [2.24, 2.45) is 0 Å². The quantitative estimate of drug-likeness (QED) is 0.919. The van der Waals surface area contributed by atoms with Crippen LogP contribution in [0, 0.1) is 13.8 Å². The standard InChI is InChI=1S/C19H24N4O/c1-14-8-9-16(12-20-14)11-19(24)23-10-4-6-17(23)13-21-18-7-3-5-15(2)22-18/h3,5,7-9,12,17H,4,6,10-11,13H2,1-2H3,(H,21,22)/t17-/m0/s1. The highest BCUT2D eigenvalue weighted by molar-refractivity contribution is 5.79. The second-order valence-corrected chi connectivity index (χ2v) is 6.41. The lowest BCUT2D eigenvalue weighted by Crippen LogP contribution is -2.40. The summed E-state index contributed by atoms with van der Waals surface area (Å²) in [5.41, 5.74) is 2.94. The number of carbonyl (C=O) groups excluding carboxylic acids is 1. The molecule has 0 aromatic carbocycles. The van der Waals surface area contributed by atoms with Crippen molar-refractivity contribution < 1.29 is 4.79 Å². The van der Waals surface area contributed by atoms with Crippen LogP contribution in [0.2, 0.25) is 0 Å². The van der Waals surface area contributed by atoms with Gasteiger partial charge in [-0.05, 0) is 50.5 Å². The molecule has 1 fully saturated rings. The third-order valence-corrected chi connectivity index (χ3v) is 4.43. The van der Waals surface area contributed by atoms with Gasteiger partial charge in [0.1, 0.15) is 5.82 Å². The van der Waals surface area contributed by atoms with Gasteiger partial charge in [-0.15, -0.1) is 0 Å². The van der Waals surface area contributed by atoms with Gasteiger partial charge in [0.05, 0.1) is 6.42 Å². The van der Waals surface area contributed by atoms with E-state index in [1.54, 1.807) is 6.20 Å². The Morgan fingerprint density at radius 1 is 1.25 bits per heavy atom. The average Bonchev–Trinajstić information content (AvgIpc) is 3.04. The molecule has 3 rings (SSSR count). The van der Waals surface area contributed by atoms with Gasteiger partial charge in [0.2, 0.25) is 5.91 Å². The molecule has 2 aromatic heterocycles. The van der Waals surface area contributed by atoms with E-state index in [0.717, 1.165) is 48.7 Å². The van der Waals surface area contributed by atoms with Crippen molar-refractivity contribution in [1.29, 1.82) is 0 Å². The molecule has 0 radical (unpaired) electrons. The number of nitrogens with one attached hydrogen (secondary N) is 1. The van der Waals surface area contributed by atoms with Crippen LogP contribution in [0.1, 0.15) is 29.8 Å². The van der Waals surface area contributed by atoms with E-state index in [0.29, 0.717) is 6.42 Å². The minimum atomic E-state index is 0.183. The van der Waals surface area contributed by atoms with Gasteiger partial charge in [-0.2, -0.15) is 0 Å². The molecular weight excluding hydrogens is 300 g/mol. The molecule has 126 valence electrons. The maximum Gasteiger partial charge on any atom is 0.227 e. The summed E-state index contributed by atoms with van der Waals surface area (Å²) in [6.45, 7) is 5.51. The number of hydrogen-bond acceptors (Lipinski definition) is 4. The zero-order valence-corrected chi connectivity index (χ0v) is 14.3. The molecule has 0 saturated carbocycles. The minimum absolute atomic E-state index is 0.183. The van der Waals surface area contributed by atoms with Crippen molar-refractivity contribution >= 4 is 11.7 Å². The SMILES string of the molecule is Cc1ccc(CC(=O)N2CCC[C@H]2CNc2cccc(C)n2)cn1. The summed E-state index contributed by atoms with van der Waals surface area (Å²) < 4.78 is 0. The second-order valence-electron chi connectivity index (χ2n) is 6.41. The molecule has 2 aromatic rings. The summed E-state index contributed by atoms with van der Waals surface area (Å²) >= 11 is 0.